The summed E-state index contributed by atoms with van der Waals surface area (Å²) in [5.74, 6) is 0.435. The van der Waals surface area contributed by atoms with Gasteiger partial charge < -0.3 is 10.1 Å². The molecule has 0 bridgehead atoms. The van der Waals surface area contributed by atoms with Gasteiger partial charge in [0.05, 0.1) is 18.7 Å². The van der Waals surface area contributed by atoms with E-state index in [0.29, 0.717) is 18.6 Å². The predicted molar refractivity (Wildman–Crippen MR) is 79.6 cm³/mol. The molecular weight excluding hydrogens is 260 g/mol. The van der Waals surface area contributed by atoms with E-state index in [1.807, 2.05) is 12.3 Å². The fraction of sp³-hybridized carbons (Fsp3) is 0.714. The first-order valence-corrected chi connectivity index (χ1v) is 7.85. The van der Waals surface area contributed by atoms with E-state index in [4.69, 9.17) is 4.74 Å². The van der Waals surface area contributed by atoms with E-state index < -0.39 is 0 Å². The number of aromatic nitrogens is 1. The number of esters is 1. The van der Waals surface area contributed by atoms with Crippen LogP contribution in [0.15, 0.2) is 5.38 Å². The van der Waals surface area contributed by atoms with Crippen molar-refractivity contribution in [3.8, 4) is 0 Å². The van der Waals surface area contributed by atoms with Crippen molar-refractivity contribution in [2.24, 2.45) is 5.92 Å². The number of ether oxygens (including phenoxy) is 1. The number of thiazole rings is 1. The maximum absolute atomic E-state index is 11.4. The third kappa shape index (κ3) is 5.19. The van der Waals surface area contributed by atoms with Crippen LogP contribution in [-0.4, -0.2) is 23.6 Å². The molecule has 4 nitrogen and oxygen atoms in total. The van der Waals surface area contributed by atoms with Crippen LogP contribution in [0.4, 0.5) is 5.13 Å². The van der Waals surface area contributed by atoms with Crippen molar-refractivity contribution in [2.45, 2.75) is 53.0 Å². The zero-order valence-electron chi connectivity index (χ0n) is 12.2. The molecule has 0 aliphatic heterocycles. The lowest BCUT2D eigenvalue weighted by Gasteiger charge is -2.21. The molecule has 0 aliphatic carbocycles. The van der Waals surface area contributed by atoms with Gasteiger partial charge in [0.15, 0.2) is 5.13 Å². The van der Waals surface area contributed by atoms with Crippen molar-refractivity contribution in [3.05, 3.63) is 11.1 Å². The Labute approximate surface area is 119 Å². The Balaban J connectivity index is 2.52. The van der Waals surface area contributed by atoms with Gasteiger partial charge in [-0.1, -0.05) is 26.7 Å². The van der Waals surface area contributed by atoms with E-state index in [-0.39, 0.29) is 12.4 Å². The second-order valence-electron chi connectivity index (χ2n) is 4.64. The minimum atomic E-state index is -0.215. The predicted octanol–water partition coefficient (Wildman–Crippen LogP) is 3.49. The molecule has 108 valence electrons. The van der Waals surface area contributed by atoms with Crippen LogP contribution < -0.4 is 5.32 Å². The van der Waals surface area contributed by atoms with E-state index in [9.17, 15) is 4.79 Å². The van der Waals surface area contributed by atoms with E-state index in [1.165, 1.54) is 0 Å². The highest BCUT2D eigenvalue weighted by atomic mass is 32.1. The first-order valence-electron chi connectivity index (χ1n) is 6.97. The average Bonchev–Trinajstić information content (AvgIpc) is 2.78. The van der Waals surface area contributed by atoms with Crippen LogP contribution in [0.1, 0.15) is 46.2 Å². The highest BCUT2D eigenvalue weighted by molar-refractivity contribution is 7.13. The summed E-state index contributed by atoms with van der Waals surface area (Å²) in [7, 11) is 0. The second-order valence-corrected chi connectivity index (χ2v) is 5.49. The summed E-state index contributed by atoms with van der Waals surface area (Å²) in [6.07, 6.45) is 2.57. The SMILES string of the molecule is CCOC(=O)Cc1csc(NC(C)C(CC)CC)n1. The monoisotopic (exact) mass is 284 g/mol. The van der Waals surface area contributed by atoms with Gasteiger partial charge in [-0.2, -0.15) is 0 Å². The van der Waals surface area contributed by atoms with E-state index >= 15 is 0 Å². The molecule has 1 aromatic heterocycles. The summed E-state index contributed by atoms with van der Waals surface area (Å²) < 4.78 is 4.91. The Kier molecular flexibility index (Phi) is 6.84. The summed E-state index contributed by atoms with van der Waals surface area (Å²) in [6.45, 7) is 8.83. The van der Waals surface area contributed by atoms with Crippen molar-refractivity contribution in [2.75, 3.05) is 11.9 Å². The first kappa shape index (κ1) is 16.0. The standard InChI is InChI=1S/C14H24N2O2S/c1-5-11(6-2)10(4)15-14-16-12(9-19-14)8-13(17)18-7-3/h9-11H,5-8H2,1-4H3,(H,15,16). The summed E-state index contributed by atoms with van der Waals surface area (Å²) in [5, 5.41) is 6.23. The Morgan fingerprint density at radius 1 is 1.42 bits per heavy atom. The average molecular weight is 284 g/mol. The highest BCUT2D eigenvalue weighted by Crippen LogP contribution is 2.21. The summed E-state index contributed by atoms with van der Waals surface area (Å²) >= 11 is 1.55. The number of carbonyl (C=O) groups is 1. The topological polar surface area (TPSA) is 51.2 Å². The zero-order chi connectivity index (χ0) is 14.3. The largest absolute Gasteiger partial charge is 0.466 e. The lowest BCUT2D eigenvalue weighted by molar-refractivity contribution is -0.142. The van der Waals surface area contributed by atoms with Crippen LogP contribution in [0.3, 0.4) is 0 Å². The van der Waals surface area contributed by atoms with Crippen LogP contribution in [0, 0.1) is 5.92 Å². The van der Waals surface area contributed by atoms with Crippen molar-refractivity contribution in [1.29, 1.82) is 0 Å². The molecule has 0 fully saturated rings. The number of carbonyl (C=O) groups excluding carboxylic acids is 1. The Hall–Kier alpha value is -1.10. The first-order chi connectivity index (χ1) is 9.10. The summed E-state index contributed by atoms with van der Waals surface area (Å²) in [6, 6.07) is 0.400. The number of hydrogen-bond acceptors (Lipinski definition) is 5. The third-order valence-corrected chi connectivity index (χ3v) is 4.11. The van der Waals surface area contributed by atoms with Gasteiger partial charge in [-0.25, -0.2) is 4.98 Å². The molecule has 1 heterocycles. The van der Waals surface area contributed by atoms with Gasteiger partial charge in [0, 0.05) is 11.4 Å². The van der Waals surface area contributed by atoms with E-state index in [2.05, 4.69) is 31.1 Å². The number of nitrogens with zero attached hydrogens (tertiary/aromatic N) is 1. The zero-order valence-corrected chi connectivity index (χ0v) is 13.0. The fourth-order valence-electron chi connectivity index (χ4n) is 2.12. The molecule has 0 saturated carbocycles. The fourth-order valence-corrected chi connectivity index (χ4v) is 2.93. The minimum Gasteiger partial charge on any atom is -0.466 e. The summed E-state index contributed by atoms with van der Waals surface area (Å²) in [5.41, 5.74) is 0.780. The lowest BCUT2D eigenvalue weighted by atomic mass is 9.96. The lowest BCUT2D eigenvalue weighted by Crippen LogP contribution is -2.24. The number of nitrogens with one attached hydrogen (secondary N) is 1. The van der Waals surface area contributed by atoms with E-state index in [1.54, 1.807) is 11.3 Å². The van der Waals surface area contributed by atoms with Crippen molar-refractivity contribution in [1.82, 2.24) is 4.98 Å². The molecule has 1 aromatic rings. The minimum absolute atomic E-state index is 0.215. The molecule has 5 heteroatoms. The molecule has 0 aliphatic rings. The van der Waals surface area contributed by atoms with Crippen LogP contribution in [0.2, 0.25) is 0 Å². The van der Waals surface area contributed by atoms with Gasteiger partial charge in [-0.05, 0) is 19.8 Å². The van der Waals surface area contributed by atoms with Gasteiger partial charge >= 0.3 is 5.97 Å². The summed E-state index contributed by atoms with van der Waals surface area (Å²) in [4.78, 5) is 15.8. The molecular formula is C14H24N2O2S. The number of hydrogen-bond donors (Lipinski definition) is 1. The highest BCUT2D eigenvalue weighted by Gasteiger charge is 2.15. The maximum atomic E-state index is 11.4. The van der Waals surface area contributed by atoms with Crippen LogP contribution in [0.5, 0.6) is 0 Å². The Morgan fingerprint density at radius 3 is 2.68 bits per heavy atom. The smallest absolute Gasteiger partial charge is 0.311 e. The normalized spacial score (nSPS) is 12.5. The van der Waals surface area contributed by atoms with Crippen molar-refractivity contribution >= 4 is 22.4 Å². The Bertz CT molecular complexity index is 389. The molecule has 19 heavy (non-hydrogen) atoms. The molecule has 1 N–H and O–H groups in total. The molecule has 0 amide bonds. The van der Waals surface area contributed by atoms with Gasteiger partial charge in [0.25, 0.3) is 0 Å². The molecule has 1 atom stereocenters. The molecule has 0 radical (unpaired) electrons. The second kappa shape index (κ2) is 8.15. The van der Waals surface area contributed by atoms with Crippen molar-refractivity contribution in [3.63, 3.8) is 0 Å². The van der Waals surface area contributed by atoms with Gasteiger partial charge in [0.1, 0.15) is 0 Å². The quantitative estimate of drug-likeness (QED) is 0.742. The molecule has 0 spiro atoms. The van der Waals surface area contributed by atoms with Crippen LogP contribution in [0.25, 0.3) is 0 Å². The number of rotatable bonds is 8. The van der Waals surface area contributed by atoms with Gasteiger partial charge in [0.2, 0.25) is 0 Å². The van der Waals surface area contributed by atoms with E-state index in [0.717, 1.165) is 23.7 Å². The Morgan fingerprint density at radius 2 is 2.11 bits per heavy atom. The van der Waals surface area contributed by atoms with Gasteiger partial charge in [-0.3, -0.25) is 4.79 Å². The van der Waals surface area contributed by atoms with Gasteiger partial charge in [-0.15, -0.1) is 11.3 Å². The molecule has 1 unspecified atom stereocenters. The number of anilines is 1. The third-order valence-electron chi connectivity index (χ3n) is 3.29. The van der Waals surface area contributed by atoms with Crippen LogP contribution >= 0.6 is 11.3 Å². The maximum Gasteiger partial charge on any atom is 0.311 e. The molecule has 0 saturated heterocycles. The molecule has 0 aromatic carbocycles. The van der Waals surface area contributed by atoms with Crippen molar-refractivity contribution < 1.29 is 9.53 Å². The molecule has 1 rings (SSSR count). The van der Waals surface area contributed by atoms with Crippen LogP contribution in [-0.2, 0) is 16.0 Å².